The van der Waals surface area contributed by atoms with Crippen molar-refractivity contribution in [2.75, 3.05) is 43.7 Å². The Morgan fingerprint density at radius 2 is 1.61 bits per heavy atom. The lowest BCUT2D eigenvalue weighted by atomic mass is 9.71. The fraction of sp³-hybridized carbons (Fsp3) is 0.386. The van der Waals surface area contributed by atoms with E-state index in [1.54, 1.807) is 19.1 Å². The number of carbonyl (C=O) groups is 1. The first-order valence-electron chi connectivity index (χ1n) is 19.5. The van der Waals surface area contributed by atoms with Crippen LogP contribution in [0.2, 0.25) is 0 Å². The van der Waals surface area contributed by atoms with Gasteiger partial charge in [-0.05, 0) is 101 Å². The van der Waals surface area contributed by atoms with Crippen LogP contribution in [0.4, 0.5) is 34.0 Å². The van der Waals surface area contributed by atoms with Gasteiger partial charge in [-0.1, -0.05) is 45.0 Å². The molecular weight excluding hydrogens is 909 g/mol. The first-order valence-corrected chi connectivity index (χ1v) is 20.5. The van der Waals surface area contributed by atoms with Gasteiger partial charge in [0.2, 0.25) is 0 Å². The average Bonchev–Trinajstić information content (AvgIpc) is 3.48. The number of anilines is 2. The molecule has 4 heterocycles. The van der Waals surface area contributed by atoms with Crippen molar-refractivity contribution < 1.29 is 41.7 Å². The maximum Gasteiger partial charge on any atom is 0.422 e. The molecule has 2 atom stereocenters. The van der Waals surface area contributed by atoms with Crippen molar-refractivity contribution >= 4 is 51.2 Å². The van der Waals surface area contributed by atoms with Crippen LogP contribution in [0.5, 0.6) is 17.5 Å². The van der Waals surface area contributed by atoms with Crippen LogP contribution in [0.3, 0.4) is 0 Å². The number of nitriles is 1. The maximum atomic E-state index is 17.6. The molecule has 2 aliphatic rings. The van der Waals surface area contributed by atoms with Crippen LogP contribution in [0.25, 0.3) is 22.2 Å². The number of nitrogens with zero attached hydrogens (tertiary/aromatic N) is 7. The summed E-state index contributed by atoms with van der Waals surface area (Å²) in [6.07, 6.45) is -4.76. The average molecular weight is 954 g/mol. The molecule has 2 saturated heterocycles. The number of benzene rings is 3. The topological polar surface area (TPSA) is 137 Å². The smallest absolute Gasteiger partial charge is 0.422 e. The second-order valence-electron chi connectivity index (χ2n) is 16.4. The van der Waals surface area contributed by atoms with Crippen molar-refractivity contribution in [1.82, 2.24) is 19.9 Å². The van der Waals surface area contributed by atoms with Gasteiger partial charge < -0.3 is 29.1 Å². The Labute approximate surface area is 364 Å². The third kappa shape index (κ3) is 8.51. The summed E-state index contributed by atoms with van der Waals surface area (Å²) in [7, 11) is 3.17. The minimum absolute atomic E-state index is 0.0347. The summed E-state index contributed by atoms with van der Waals surface area (Å²) in [5.41, 5.74) is 0.589. The maximum absolute atomic E-state index is 17.6. The molecule has 320 valence electrons. The summed E-state index contributed by atoms with van der Waals surface area (Å²) in [6.45, 7) is 6.92. The lowest BCUT2D eigenvalue weighted by Crippen LogP contribution is -2.68. The van der Waals surface area contributed by atoms with Gasteiger partial charge in [-0.3, -0.25) is 4.90 Å². The van der Waals surface area contributed by atoms with Crippen LogP contribution in [0.1, 0.15) is 55.9 Å². The fourth-order valence-electron chi connectivity index (χ4n) is 8.49. The summed E-state index contributed by atoms with van der Waals surface area (Å²) in [4.78, 5) is 31.5. The number of fused-ring (bicyclic) bond motifs is 3. The van der Waals surface area contributed by atoms with Crippen molar-refractivity contribution in [1.29, 1.82) is 5.26 Å². The van der Waals surface area contributed by atoms with E-state index in [2.05, 4.69) is 38.6 Å². The van der Waals surface area contributed by atoms with E-state index in [4.69, 9.17) is 19.2 Å². The summed E-state index contributed by atoms with van der Waals surface area (Å²) >= 11 is 2.05. The quantitative estimate of drug-likeness (QED) is 0.100. The number of aryl methyl sites for hydroxylation is 1. The summed E-state index contributed by atoms with van der Waals surface area (Å²) in [6, 6.07) is 19.4. The fourth-order valence-corrected chi connectivity index (χ4v) is 9.04. The van der Waals surface area contributed by atoms with E-state index in [0.29, 0.717) is 46.8 Å². The van der Waals surface area contributed by atoms with Gasteiger partial charge in [0.15, 0.2) is 12.4 Å². The zero-order chi connectivity index (χ0) is 44.0. The lowest BCUT2D eigenvalue weighted by Gasteiger charge is -2.54. The zero-order valence-electron chi connectivity index (χ0n) is 34.4. The lowest BCUT2D eigenvalue weighted by molar-refractivity contribution is -0.154. The number of amides is 1. The molecule has 0 saturated carbocycles. The number of aromatic nitrogens is 3. The normalized spacial score (nSPS) is 17.6. The third-order valence-electron chi connectivity index (χ3n) is 11.6. The minimum atomic E-state index is -4.75. The van der Waals surface area contributed by atoms with Gasteiger partial charge in [0, 0.05) is 35.1 Å². The highest BCUT2D eigenvalue weighted by Gasteiger charge is 2.59. The Balaban J connectivity index is 1.39. The van der Waals surface area contributed by atoms with E-state index in [0.717, 1.165) is 16.7 Å². The van der Waals surface area contributed by atoms with Crippen LogP contribution < -0.4 is 24.0 Å². The van der Waals surface area contributed by atoms with Crippen molar-refractivity contribution in [2.45, 2.75) is 71.4 Å². The molecule has 2 fully saturated rings. The second kappa shape index (κ2) is 16.7. The number of pyridine rings is 1. The monoisotopic (exact) mass is 953 g/mol. The first kappa shape index (κ1) is 43.4. The predicted molar refractivity (Wildman–Crippen MR) is 230 cm³/mol. The van der Waals surface area contributed by atoms with Crippen molar-refractivity contribution in [2.24, 2.45) is 5.41 Å². The Morgan fingerprint density at radius 1 is 1.00 bits per heavy atom. The molecule has 0 radical (unpaired) electrons. The van der Waals surface area contributed by atoms with E-state index in [9.17, 15) is 28.3 Å². The Bertz CT molecular complexity index is 2460. The highest BCUT2D eigenvalue weighted by atomic mass is 127. The van der Waals surface area contributed by atoms with Gasteiger partial charge in [0.1, 0.15) is 28.7 Å². The number of rotatable bonds is 11. The van der Waals surface area contributed by atoms with Gasteiger partial charge in [0.25, 0.3) is 0 Å². The zero-order valence-corrected chi connectivity index (χ0v) is 36.6. The minimum Gasteiger partial charge on any atom is -0.497 e. The number of methoxy groups -OCH3 is 2. The van der Waals surface area contributed by atoms with Gasteiger partial charge in [-0.15, -0.1) is 0 Å². The van der Waals surface area contributed by atoms with Gasteiger partial charge in [0.05, 0.1) is 48.7 Å². The molecule has 0 spiro atoms. The van der Waals surface area contributed by atoms with Crippen LogP contribution in [-0.4, -0.2) is 82.7 Å². The number of halogens is 5. The SMILES string of the molecule is COc1ccc(CN(Cc2ccc(OC)cc2)c2cc(C)c(I)c(-c3c(C#N)cc4c(N5C[C@@H]6CC[C@@](C(C)(C)C)(C5)N6C(=O)O)nc(OCC(F)(F)F)nc4c3F)n2)cc1. The van der Waals surface area contributed by atoms with Gasteiger partial charge >= 0.3 is 18.3 Å². The molecule has 0 unspecified atom stereocenters. The van der Waals surface area contributed by atoms with Crippen LogP contribution in [0.15, 0.2) is 60.7 Å². The summed E-state index contributed by atoms with van der Waals surface area (Å²) in [5, 5.41) is 21.1. The second-order valence-corrected chi connectivity index (χ2v) is 17.5. The number of alkyl halides is 3. The molecule has 0 aliphatic carbocycles. The number of hydrogen-bond acceptors (Lipinski definition) is 10. The van der Waals surface area contributed by atoms with Crippen molar-refractivity contribution in [3.05, 3.63) is 92.3 Å². The van der Waals surface area contributed by atoms with E-state index in [1.165, 1.54) is 11.0 Å². The largest absolute Gasteiger partial charge is 0.497 e. The molecule has 17 heteroatoms. The van der Waals surface area contributed by atoms with E-state index in [-0.39, 0.29) is 46.6 Å². The molecule has 2 aromatic heterocycles. The third-order valence-corrected chi connectivity index (χ3v) is 13.0. The number of hydrogen-bond donors (Lipinski definition) is 1. The molecule has 5 aromatic rings. The van der Waals surface area contributed by atoms with E-state index >= 15 is 4.39 Å². The molecule has 2 bridgehead atoms. The van der Waals surface area contributed by atoms with Crippen LogP contribution in [-0.2, 0) is 13.1 Å². The number of carboxylic acid groups (broad SMARTS) is 1. The van der Waals surface area contributed by atoms with E-state index < -0.39 is 47.7 Å². The van der Waals surface area contributed by atoms with Crippen molar-refractivity contribution in [3.8, 4) is 34.8 Å². The van der Waals surface area contributed by atoms with Gasteiger partial charge in [-0.2, -0.15) is 28.4 Å². The Hall–Kier alpha value is -5.64. The Kier molecular flexibility index (Phi) is 11.9. The molecular formula is C44H44F4IN7O5. The number of ether oxygens (including phenoxy) is 3. The van der Waals surface area contributed by atoms with E-state index in [1.807, 2.05) is 87.2 Å². The van der Waals surface area contributed by atoms with Gasteiger partial charge in [-0.25, -0.2) is 14.2 Å². The molecule has 2 aliphatic heterocycles. The molecule has 12 nitrogen and oxygen atoms in total. The molecule has 1 amide bonds. The van der Waals surface area contributed by atoms with Crippen LogP contribution >= 0.6 is 22.6 Å². The van der Waals surface area contributed by atoms with Crippen LogP contribution in [0, 0.1) is 33.1 Å². The molecule has 61 heavy (non-hydrogen) atoms. The summed E-state index contributed by atoms with van der Waals surface area (Å²) < 4.78 is 74.5. The highest BCUT2D eigenvalue weighted by molar-refractivity contribution is 14.1. The molecule has 7 rings (SSSR count). The standard InChI is InChI=1S/C44H44F4IN7O5/c1-25-17-33(54(20-26-7-11-30(59-5)12-8-26)21-27-9-13-31(60-6)14-10-27)51-38(36(25)49)34-28(19-50)18-32-37(35(34)45)52-40(61-24-44(46,47)48)53-39(32)55-22-29-15-16-43(23-55,42(2,3)4)56(29)41(57)58/h7-14,17-18,29H,15-16,20-24H2,1-6H3,(H,57,58)/t29-,43-/m0/s1. The molecule has 3 aromatic carbocycles. The first-order chi connectivity index (χ1) is 28.9. The van der Waals surface area contributed by atoms with Crippen molar-refractivity contribution in [3.63, 3.8) is 0 Å². The predicted octanol–water partition coefficient (Wildman–Crippen LogP) is 9.53. The number of piperazine rings is 1. The highest BCUT2D eigenvalue weighted by Crippen LogP contribution is 2.51. The summed E-state index contributed by atoms with van der Waals surface area (Å²) in [5.74, 6) is 0.891. The molecule has 1 N–H and O–H groups in total. The Morgan fingerprint density at radius 3 is 2.13 bits per heavy atom.